The molecular weight excluding hydrogens is 262 g/mol. The number of methoxy groups -OCH3 is 4. The summed E-state index contributed by atoms with van der Waals surface area (Å²) in [4.78, 5) is 28.6. The number of carboxylic acids is 1. The third-order valence-corrected chi connectivity index (χ3v) is 0.723. The lowest BCUT2D eigenvalue weighted by Gasteiger charge is -1.90. The lowest BCUT2D eigenvalue weighted by atomic mass is 10.9. The van der Waals surface area contributed by atoms with Crippen LogP contribution in [0.3, 0.4) is 0 Å². The largest absolute Gasteiger partial charge is 0.507 e. The third-order valence-electron chi connectivity index (χ3n) is 0.723. The first-order chi connectivity index (χ1) is 8.76. The van der Waals surface area contributed by atoms with Crippen LogP contribution in [0, 0.1) is 0 Å². The van der Waals surface area contributed by atoms with Crippen molar-refractivity contribution in [1.82, 2.24) is 5.32 Å². The molecule has 0 heterocycles. The molecule has 1 amide bonds. The molecule has 0 aromatic heterocycles. The SMILES string of the molecule is CC(=O)O.CNC(=O)OC.COC.COC(=O)OC. The summed E-state index contributed by atoms with van der Waals surface area (Å²) >= 11 is 0. The Morgan fingerprint density at radius 1 is 0.895 bits per heavy atom. The van der Waals surface area contributed by atoms with Gasteiger partial charge in [-0.3, -0.25) is 4.79 Å². The predicted molar refractivity (Wildman–Crippen MR) is 67.1 cm³/mol. The van der Waals surface area contributed by atoms with E-state index in [9.17, 15) is 9.59 Å². The van der Waals surface area contributed by atoms with Crippen LogP contribution in [0.4, 0.5) is 9.59 Å². The zero-order valence-corrected chi connectivity index (χ0v) is 12.3. The molecule has 9 nitrogen and oxygen atoms in total. The highest BCUT2D eigenvalue weighted by atomic mass is 16.7. The molecule has 116 valence electrons. The number of aliphatic carboxylic acids is 1. The number of carbonyl (C=O) groups excluding carboxylic acids is 2. The molecule has 2 N–H and O–H groups in total. The van der Waals surface area contributed by atoms with E-state index in [1.165, 1.54) is 28.4 Å². The lowest BCUT2D eigenvalue weighted by molar-refractivity contribution is -0.134. The van der Waals surface area contributed by atoms with E-state index in [0.29, 0.717) is 0 Å². The Morgan fingerprint density at radius 3 is 1.16 bits per heavy atom. The molecule has 0 radical (unpaired) electrons. The second kappa shape index (κ2) is 25.0. The predicted octanol–water partition coefficient (Wildman–Crippen LogP) is 0.725. The van der Waals surface area contributed by atoms with Gasteiger partial charge >= 0.3 is 12.2 Å². The van der Waals surface area contributed by atoms with E-state index in [1.807, 2.05) is 0 Å². The van der Waals surface area contributed by atoms with Crippen LogP contribution in [-0.2, 0) is 23.7 Å². The average Bonchev–Trinajstić information content (AvgIpc) is 2.37. The summed E-state index contributed by atoms with van der Waals surface area (Å²) in [6, 6.07) is 0. The minimum Gasteiger partial charge on any atom is -0.481 e. The van der Waals surface area contributed by atoms with E-state index in [-0.39, 0.29) is 0 Å². The number of alkyl carbamates (subject to hydrolysis) is 1. The van der Waals surface area contributed by atoms with E-state index in [2.05, 4.69) is 24.3 Å². The summed E-state index contributed by atoms with van der Waals surface area (Å²) in [7, 11) is 8.59. The summed E-state index contributed by atoms with van der Waals surface area (Å²) in [6.07, 6.45) is -1.06. The molecular formula is C10H23NO8. The highest BCUT2D eigenvalue weighted by molar-refractivity contribution is 5.66. The molecule has 0 aliphatic carbocycles. The molecule has 0 saturated carbocycles. The van der Waals surface area contributed by atoms with Gasteiger partial charge in [0.1, 0.15) is 0 Å². The number of amides is 1. The summed E-state index contributed by atoms with van der Waals surface area (Å²) < 4.78 is 16.5. The number of nitrogens with one attached hydrogen (secondary N) is 1. The van der Waals surface area contributed by atoms with Crippen LogP contribution >= 0.6 is 0 Å². The third kappa shape index (κ3) is 87.4. The molecule has 0 aliphatic heterocycles. The fraction of sp³-hybridized carbons (Fsp3) is 0.700. The Bertz CT molecular complexity index is 188. The minimum atomic E-state index is -0.833. The van der Waals surface area contributed by atoms with E-state index >= 15 is 0 Å². The second-order valence-corrected chi connectivity index (χ2v) is 2.33. The number of carbonyl (C=O) groups is 3. The first-order valence-corrected chi connectivity index (χ1v) is 4.74. The van der Waals surface area contributed by atoms with Crippen molar-refractivity contribution in [3.8, 4) is 0 Å². The second-order valence-electron chi connectivity index (χ2n) is 2.33. The summed E-state index contributed by atoms with van der Waals surface area (Å²) in [5, 5.41) is 9.67. The monoisotopic (exact) mass is 285 g/mol. The Morgan fingerprint density at radius 2 is 1.16 bits per heavy atom. The topological polar surface area (TPSA) is 120 Å². The zero-order chi connectivity index (χ0) is 16.3. The van der Waals surface area contributed by atoms with E-state index in [1.54, 1.807) is 14.2 Å². The minimum absolute atomic E-state index is 0.407. The van der Waals surface area contributed by atoms with Crippen LogP contribution in [0.5, 0.6) is 0 Å². The number of rotatable bonds is 0. The highest BCUT2D eigenvalue weighted by Crippen LogP contribution is 1.72. The Labute approximate surface area is 112 Å². The van der Waals surface area contributed by atoms with Crippen LogP contribution in [-0.4, -0.2) is 65.9 Å². The van der Waals surface area contributed by atoms with E-state index in [4.69, 9.17) is 9.90 Å². The highest BCUT2D eigenvalue weighted by Gasteiger charge is 1.88. The number of hydrogen-bond donors (Lipinski definition) is 2. The van der Waals surface area contributed by atoms with Crippen LogP contribution < -0.4 is 5.32 Å². The van der Waals surface area contributed by atoms with Crippen molar-refractivity contribution in [3.63, 3.8) is 0 Å². The first-order valence-electron chi connectivity index (χ1n) is 4.74. The molecule has 0 atom stereocenters. The van der Waals surface area contributed by atoms with Crippen LogP contribution in [0.25, 0.3) is 0 Å². The molecule has 9 heteroatoms. The Balaban J connectivity index is -0.0000000821. The maximum atomic E-state index is 9.85. The van der Waals surface area contributed by atoms with E-state index < -0.39 is 18.2 Å². The van der Waals surface area contributed by atoms with Crippen LogP contribution in [0.1, 0.15) is 6.92 Å². The summed E-state index contributed by atoms with van der Waals surface area (Å²) in [5.41, 5.74) is 0. The van der Waals surface area contributed by atoms with Crippen molar-refractivity contribution < 1.29 is 38.4 Å². The Kier molecular flexibility index (Phi) is 33.8. The number of ether oxygens (including phenoxy) is 4. The fourth-order valence-corrected chi connectivity index (χ4v) is 0.185. The number of hydrogen-bond acceptors (Lipinski definition) is 7. The van der Waals surface area contributed by atoms with E-state index in [0.717, 1.165) is 6.92 Å². The lowest BCUT2D eigenvalue weighted by Crippen LogP contribution is -2.16. The normalized spacial score (nSPS) is 6.68. The van der Waals surface area contributed by atoms with Crippen LogP contribution in [0.2, 0.25) is 0 Å². The van der Waals surface area contributed by atoms with Crippen molar-refractivity contribution in [3.05, 3.63) is 0 Å². The molecule has 0 saturated heterocycles. The quantitative estimate of drug-likeness (QED) is 0.625. The molecule has 19 heavy (non-hydrogen) atoms. The molecule has 0 unspecified atom stereocenters. The van der Waals surface area contributed by atoms with Gasteiger partial charge in [0.05, 0.1) is 21.3 Å². The van der Waals surface area contributed by atoms with Gasteiger partial charge in [-0.15, -0.1) is 0 Å². The maximum Gasteiger partial charge on any atom is 0.507 e. The summed E-state index contributed by atoms with van der Waals surface area (Å²) in [5.74, 6) is -0.833. The average molecular weight is 285 g/mol. The van der Waals surface area contributed by atoms with Gasteiger partial charge in [0.15, 0.2) is 0 Å². The summed E-state index contributed by atoms with van der Waals surface area (Å²) in [6.45, 7) is 1.08. The zero-order valence-electron chi connectivity index (χ0n) is 12.3. The van der Waals surface area contributed by atoms with Crippen molar-refractivity contribution >= 4 is 18.2 Å². The van der Waals surface area contributed by atoms with Gasteiger partial charge in [0.25, 0.3) is 5.97 Å². The smallest absolute Gasteiger partial charge is 0.481 e. The first kappa shape index (κ1) is 25.7. The number of carboxylic acid groups (broad SMARTS) is 1. The van der Waals surface area contributed by atoms with Gasteiger partial charge in [0, 0.05) is 28.2 Å². The molecule has 0 aliphatic rings. The van der Waals surface area contributed by atoms with Gasteiger partial charge in [-0.1, -0.05) is 0 Å². The standard InChI is InChI=1S/C3H7NO2.C3H6O3.C2H4O2.C2H6O/c1-4-3(5)6-2;1-5-3(4)6-2;1-2(3)4;1-3-2/h1-2H3,(H,4,5);1-2H3;1H3,(H,3,4);1-2H3. The van der Waals surface area contributed by atoms with Gasteiger partial charge in [-0.25, -0.2) is 9.59 Å². The molecule has 0 spiro atoms. The molecule has 0 aromatic carbocycles. The fourth-order valence-electron chi connectivity index (χ4n) is 0.185. The van der Waals surface area contributed by atoms with Crippen LogP contribution in [0.15, 0.2) is 0 Å². The van der Waals surface area contributed by atoms with Crippen molar-refractivity contribution in [2.45, 2.75) is 6.92 Å². The van der Waals surface area contributed by atoms with Gasteiger partial charge in [0.2, 0.25) is 0 Å². The molecule has 0 rings (SSSR count). The van der Waals surface area contributed by atoms with Gasteiger partial charge in [-0.2, -0.15) is 0 Å². The molecule has 0 fully saturated rings. The van der Waals surface area contributed by atoms with Crippen molar-refractivity contribution in [2.75, 3.05) is 42.6 Å². The van der Waals surface area contributed by atoms with Gasteiger partial charge < -0.3 is 29.4 Å². The molecule has 0 bridgehead atoms. The van der Waals surface area contributed by atoms with Crippen molar-refractivity contribution in [2.24, 2.45) is 0 Å². The molecule has 0 aromatic rings. The van der Waals surface area contributed by atoms with Gasteiger partial charge in [-0.05, 0) is 0 Å². The maximum absolute atomic E-state index is 9.85. The van der Waals surface area contributed by atoms with Crippen molar-refractivity contribution in [1.29, 1.82) is 0 Å². The Hall–Kier alpha value is -2.03.